The van der Waals surface area contributed by atoms with Crippen LogP contribution in [0, 0.1) is 19.7 Å². The van der Waals surface area contributed by atoms with Crippen LogP contribution < -0.4 is 30.2 Å². The number of aromatic nitrogens is 2. The Bertz CT molecular complexity index is 2120. The molecule has 2 heterocycles. The molecule has 5 aromatic rings. The van der Waals surface area contributed by atoms with E-state index in [1.54, 1.807) is 24.3 Å². The highest BCUT2D eigenvalue weighted by molar-refractivity contribution is 6.06. The van der Waals surface area contributed by atoms with Crippen LogP contribution in [-0.2, 0) is 17.8 Å². The van der Waals surface area contributed by atoms with Gasteiger partial charge in [-0.1, -0.05) is 54.6 Å². The zero-order valence-electron chi connectivity index (χ0n) is 32.9. The highest BCUT2D eigenvalue weighted by Gasteiger charge is 2.21. The molecule has 0 atom stereocenters. The maximum atomic E-state index is 15.2. The van der Waals surface area contributed by atoms with Gasteiger partial charge in [0.1, 0.15) is 5.56 Å². The second-order valence-corrected chi connectivity index (χ2v) is 14.1. The number of nitrogens with one attached hydrogen (secondary N) is 3. The van der Waals surface area contributed by atoms with E-state index in [4.69, 9.17) is 14.2 Å². The van der Waals surface area contributed by atoms with Crippen molar-refractivity contribution in [2.75, 3.05) is 64.1 Å². The van der Waals surface area contributed by atoms with Crippen LogP contribution in [0.1, 0.15) is 45.5 Å². The lowest BCUT2D eigenvalue weighted by Crippen LogP contribution is -2.44. The summed E-state index contributed by atoms with van der Waals surface area (Å²) in [5.41, 5.74) is 4.70. The van der Waals surface area contributed by atoms with E-state index in [2.05, 4.69) is 42.8 Å². The standard InChI is InChI=1S/C44H50FN7O5/c1-30-10-8-11-31(2)41(30)49-42(54)35-29-47-44(48-34-16-18-37(36(45)27-34)56-25-9-20-52-23-21-51(3)22-24-52)50-43(35)57-39-26-32(14-17-38(39)55-4)15-19-40(53)46-28-33-12-6-5-7-13-33/h5-8,10-14,16-18,26-27,29H,9,15,19-25,28H2,1-4H3,(H,46,53)(H,49,54)(H,47,48,50). The number of hydrogen-bond acceptors (Lipinski definition) is 10. The molecular formula is C44H50FN7O5. The first-order valence-corrected chi connectivity index (χ1v) is 19.2. The van der Waals surface area contributed by atoms with E-state index in [0.717, 1.165) is 61.4 Å². The number of piperazine rings is 1. The number of aryl methyl sites for hydroxylation is 3. The largest absolute Gasteiger partial charge is 0.493 e. The van der Waals surface area contributed by atoms with Crippen LogP contribution in [0.5, 0.6) is 23.1 Å². The fourth-order valence-corrected chi connectivity index (χ4v) is 6.42. The molecule has 2 amide bonds. The van der Waals surface area contributed by atoms with Crippen LogP contribution >= 0.6 is 0 Å². The van der Waals surface area contributed by atoms with Crippen molar-refractivity contribution >= 4 is 29.1 Å². The maximum absolute atomic E-state index is 15.2. The summed E-state index contributed by atoms with van der Waals surface area (Å²) >= 11 is 0. The Morgan fingerprint density at radius 1 is 0.860 bits per heavy atom. The van der Waals surface area contributed by atoms with Crippen molar-refractivity contribution in [1.82, 2.24) is 25.1 Å². The van der Waals surface area contributed by atoms with E-state index in [1.165, 1.54) is 19.4 Å². The Kier molecular flexibility index (Phi) is 14.0. The number of anilines is 3. The van der Waals surface area contributed by atoms with Gasteiger partial charge in [0.2, 0.25) is 17.7 Å². The molecule has 1 fully saturated rings. The number of amides is 2. The second-order valence-electron chi connectivity index (χ2n) is 14.1. The molecular weight excluding hydrogens is 726 g/mol. The molecule has 13 heteroatoms. The quantitative estimate of drug-likeness (QED) is 0.0828. The molecule has 1 aliphatic heterocycles. The third kappa shape index (κ3) is 11.5. The predicted octanol–water partition coefficient (Wildman–Crippen LogP) is 7.29. The summed E-state index contributed by atoms with van der Waals surface area (Å²) in [5.74, 6) is -0.273. The Morgan fingerprint density at radius 2 is 1.61 bits per heavy atom. The lowest BCUT2D eigenvalue weighted by Gasteiger charge is -2.32. The van der Waals surface area contributed by atoms with Gasteiger partial charge in [0.15, 0.2) is 23.1 Å². The summed E-state index contributed by atoms with van der Waals surface area (Å²) in [5, 5.41) is 8.96. The van der Waals surface area contributed by atoms with Gasteiger partial charge in [-0.3, -0.25) is 9.59 Å². The fourth-order valence-electron chi connectivity index (χ4n) is 6.42. The van der Waals surface area contributed by atoms with Crippen molar-refractivity contribution in [2.24, 2.45) is 0 Å². The Balaban J connectivity index is 1.17. The molecule has 6 rings (SSSR count). The minimum Gasteiger partial charge on any atom is -0.493 e. The fraction of sp³-hybridized carbons (Fsp3) is 0.318. The minimum atomic E-state index is -0.532. The summed E-state index contributed by atoms with van der Waals surface area (Å²) in [6.45, 7) is 9.69. The first-order chi connectivity index (χ1) is 27.6. The van der Waals surface area contributed by atoms with Gasteiger partial charge < -0.3 is 40.0 Å². The van der Waals surface area contributed by atoms with E-state index in [9.17, 15) is 9.59 Å². The van der Waals surface area contributed by atoms with Gasteiger partial charge in [0, 0.05) is 69.3 Å². The third-order valence-corrected chi connectivity index (χ3v) is 9.79. The van der Waals surface area contributed by atoms with Crippen LogP contribution in [0.25, 0.3) is 0 Å². The molecule has 3 N–H and O–H groups in total. The number of halogens is 1. The molecule has 0 unspecified atom stereocenters. The number of hydrogen-bond donors (Lipinski definition) is 3. The number of para-hydroxylation sites is 1. The molecule has 1 aromatic heterocycles. The van der Waals surface area contributed by atoms with Gasteiger partial charge >= 0.3 is 0 Å². The summed E-state index contributed by atoms with van der Waals surface area (Å²) in [6, 6.07) is 25.3. The van der Waals surface area contributed by atoms with Gasteiger partial charge in [-0.15, -0.1) is 0 Å². The van der Waals surface area contributed by atoms with Crippen molar-refractivity contribution < 1.29 is 28.2 Å². The van der Waals surface area contributed by atoms with Crippen LogP contribution in [0.15, 0.2) is 91.1 Å². The molecule has 1 aliphatic rings. The number of likely N-dealkylation sites (N-methyl/N-ethyl adjacent to an activating group) is 1. The van der Waals surface area contributed by atoms with Crippen molar-refractivity contribution in [3.8, 4) is 23.1 Å². The molecule has 298 valence electrons. The molecule has 57 heavy (non-hydrogen) atoms. The normalized spacial score (nSPS) is 13.1. The third-order valence-electron chi connectivity index (χ3n) is 9.79. The maximum Gasteiger partial charge on any atom is 0.262 e. The number of carbonyl (C=O) groups is 2. The summed E-state index contributed by atoms with van der Waals surface area (Å²) in [6.07, 6.45) is 2.83. The van der Waals surface area contributed by atoms with Gasteiger partial charge in [-0.05, 0) is 80.3 Å². The first-order valence-electron chi connectivity index (χ1n) is 19.2. The Morgan fingerprint density at radius 3 is 2.35 bits per heavy atom. The van der Waals surface area contributed by atoms with E-state index < -0.39 is 11.7 Å². The van der Waals surface area contributed by atoms with E-state index >= 15 is 4.39 Å². The monoisotopic (exact) mass is 775 g/mol. The zero-order chi connectivity index (χ0) is 40.1. The number of rotatable bonds is 17. The lowest BCUT2D eigenvalue weighted by atomic mass is 10.1. The number of methoxy groups -OCH3 is 1. The molecule has 1 saturated heterocycles. The molecule has 12 nitrogen and oxygen atoms in total. The number of nitrogens with zero attached hydrogens (tertiary/aromatic N) is 4. The van der Waals surface area contributed by atoms with Crippen molar-refractivity contribution in [1.29, 1.82) is 0 Å². The van der Waals surface area contributed by atoms with Gasteiger partial charge in [0.05, 0.1) is 13.7 Å². The average Bonchev–Trinajstić information content (AvgIpc) is 3.21. The molecule has 4 aromatic carbocycles. The van der Waals surface area contributed by atoms with Crippen molar-refractivity contribution in [3.63, 3.8) is 0 Å². The van der Waals surface area contributed by atoms with E-state index in [0.29, 0.717) is 36.7 Å². The lowest BCUT2D eigenvalue weighted by molar-refractivity contribution is -0.121. The number of carbonyl (C=O) groups excluding carboxylic acids is 2. The van der Waals surface area contributed by atoms with Gasteiger partial charge in [0.25, 0.3) is 5.91 Å². The van der Waals surface area contributed by atoms with Crippen LogP contribution in [0.4, 0.5) is 21.7 Å². The van der Waals surface area contributed by atoms with Crippen LogP contribution in [0.2, 0.25) is 0 Å². The highest BCUT2D eigenvalue weighted by atomic mass is 19.1. The predicted molar refractivity (Wildman–Crippen MR) is 219 cm³/mol. The van der Waals surface area contributed by atoms with Crippen molar-refractivity contribution in [3.05, 3.63) is 125 Å². The van der Waals surface area contributed by atoms with Crippen LogP contribution in [-0.4, -0.2) is 85.1 Å². The Labute approximate surface area is 333 Å². The molecule has 0 spiro atoms. The summed E-state index contributed by atoms with van der Waals surface area (Å²) < 4.78 is 32.9. The smallest absolute Gasteiger partial charge is 0.262 e. The summed E-state index contributed by atoms with van der Waals surface area (Å²) in [7, 11) is 3.64. The van der Waals surface area contributed by atoms with Crippen LogP contribution in [0.3, 0.4) is 0 Å². The van der Waals surface area contributed by atoms with E-state index in [1.807, 2.05) is 68.4 Å². The molecule has 0 bridgehead atoms. The number of benzene rings is 4. The molecule has 0 saturated carbocycles. The molecule has 0 aliphatic carbocycles. The van der Waals surface area contributed by atoms with Gasteiger partial charge in [-0.2, -0.15) is 4.98 Å². The highest BCUT2D eigenvalue weighted by Crippen LogP contribution is 2.35. The molecule has 0 radical (unpaired) electrons. The van der Waals surface area contributed by atoms with E-state index in [-0.39, 0.29) is 41.2 Å². The van der Waals surface area contributed by atoms with Crippen molar-refractivity contribution in [2.45, 2.75) is 39.7 Å². The number of ether oxygens (including phenoxy) is 3. The van der Waals surface area contributed by atoms with Gasteiger partial charge in [-0.25, -0.2) is 9.37 Å². The SMILES string of the molecule is COc1ccc(CCC(=O)NCc2ccccc2)cc1Oc1nc(Nc2ccc(OCCCN3CCN(C)CC3)c(F)c2)ncc1C(=O)Nc1c(C)cccc1C. The zero-order valence-corrected chi connectivity index (χ0v) is 32.9. The minimum absolute atomic E-state index is 0.0578. The first kappa shape index (κ1) is 40.6. The Hall–Kier alpha value is -6.05. The average molecular weight is 776 g/mol. The topological polar surface area (TPSA) is 130 Å². The summed E-state index contributed by atoms with van der Waals surface area (Å²) in [4.78, 5) is 40.2. The second kappa shape index (κ2) is 19.7.